The summed E-state index contributed by atoms with van der Waals surface area (Å²) in [5.41, 5.74) is 9.03. The predicted octanol–water partition coefficient (Wildman–Crippen LogP) is 0.177. The summed E-state index contributed by atoms with van der Waals surface area (Å²) in [5.74, 6) is -1.95. The molecule has 0 fully saturated rings. The first-order valence-corrected chi connectivity index (χ1v) is 6.59. The monoisotopic (exact) mass is 312 g/mol. The first kappa shape index (κ1) is 16.4. The number of hydrogen-bond donors (Lipinski definition) is 3. The summed E-state index contributed by atoms with van der Waals surface area (Å²) < 4.78 is 61.7. The van der Waals surface area contributed by atoms with Crippen molar-refractivity contribution in [3.8, 4) is 0 Å². The van der Waals surface area contributed by atoms with Crippen molar-refractivity contribution in [2.45, 2.75) is 15.9 Å². The van der Waals surface area contributed by atoms with Crippen molar-refractivity contribution in [2.75, 3.05) is 6.54 Å². The maximum atomic E-state index is 12.5. The average molecular weight is 312 g/mol. The molecule has 5 N–H and O–H groups in total. The molecule has 6 nitrogen and oxygen atoms in total. The fraction of sp³-hybridized carbons (Fsp3) is 0.300. The zero-order valence-corrected chi connectivity index (χ0v) is 10.7. The van der Waals surface area contributed by atoms with E-state index in [2.05, 4.69) is 0 Å². The number of carboxylic acid groups (broad SMARTS) is 1. The first-order chi connectivity index (χ1) is 8.96. The Bertz CT molecular complexity index is 630. The highest BCUT2D eigenvalue weighted by Gasteiger charge is 2.48. The first-order valence-electron chi connectivity index (χ1n) is 5.11. The lowest BCUT2D eigenvalue weighted by Crippen LogP contribution is -2.59. The highest BCUT2D eigenvalue weighted by atomic mass is 32.2. The second kappa shape index (κ2) is 5.04. The third-order valence-electron chi connectivity index (χ3n) is 2.62. The van der Waals surface area contributed by atoms with E-state index in [1.165, 1.54) is 0 Å². The molecule has 0 aromatic heterocycles. The lowest BCUT2D eigenvalue weighted by molar-refractivity contribution is -0.139. The van der Waals surface area contributed by atoms with Gasteiger partial charge in [0.15, 0.2) is 0 Å². The minimum absolute atomic E-state index is 0.315. The molecule has 1 rings (SSSR count). The molecule has 0 radical (unpaired) electrons. The van der Waals surface area contributed by atoms with E-state index in [9.17, 15) is 26.4 Å². The van der Waals surface area contributed by atoms with Crippen LogP contribution in [0.2, 0.25) is 0 Å². The number of alkyl halides is 3. The quantitative estimate of drug-likeness (QED) is 0.728. The number of benzene rings is 1. The number of sulfone groups is 1. The smallest absolute Gasteiger partial charge is 0.416 e. The van der Waals surface area contributed by atoms with Crippen LogP contribution in [-0.2, 0) is 20.8 Å². The van der Waals surface area contributed by atoms with Crippen molar-refractivity contribution in [1.29, 1.82) is 0 Å². The molecule has 1 unspecified atom stereocenters. The third-order valence-corrected chi connectivity index (χ3v) is 4.79. The normalized spacial score (nSPS) is 15.7. The number of rotatable bonds is 4. The van der Waals surface area contributed by atoms with Gasteiger partial charge < -0.3 is 16.6 Å². The summed E-state index contributed by atoms with van der Waals surface area (Å²) in [7, 11) is -4.78. The summed E-state index contributed by atoms with van der Waals surface area (Å²) in [6.07, 6.45) is -4.77. The standard InChI is InChI=1S/C10H11F3N2O4S/c11-10(12,13)6-2-1-3-7(4-6)20(18,19)9(15,5-14)8(16)17/h1-4H,5,14-15H2,(H,16,17). The summed E-state index contributed by atoms with van der Waals surface area (Å²) in [6.45, 7) is -0.985. The van der Waals surface area contributed by atoms with Crippen LogP contribution in [0.5, 0.6) is 0 Å². The second-order valence-corrected chi connectivity index (χ2v) is 6.13. The largest absolute Gasteiger partial charge is 0.479 e. The summed E-state index contributed by atoms with van der Waals surface area (Å²) in [6, 6.07) is 2.63. The van der Waals surface area contributed by atoms with Crippen LogP contribution in [0.3, 0.4) is 0 Å². The van der Waals surface area contributed by atoms with E-state index in [1.807, 2.05) is 0 Å². The van der Waals surface area contributed by atoms with Crippen molar-refractivity contribution < 1.29 is 31.5 Å². The molecule has 10 heteroatoms. The molecule has 0 saturated carbocycles. The lowest BCUT2D eigenvalue weighted by Gasteiger charge is -2.23. The molecule has 0 amide bonds. The highest BCUT2D eigenvalue weighted by Crippen LogP contribution is 2.32. The second-order valence-electron chi connectivity index (χ2n) is 3.93. The molecule has 0 bridgehead atoms. The molecule has 0 aliphatic carbocycles. The van der Waals surface area contributed by atoms with Gasteiger partial charge in [-0.05, 0) is 18.2 Å². The van der Waals surface area contributed by atoms with E-state index >= 15 is 0 Å². The van der Waals surface area contributed by atoms with Crippen LogP contribution >= 0.6 is 0 Å². The van der Waals surface area contributed by atoms with Crippen LogP contribution in [0.1, 0.15) is 5.56 Å². The van der Waals surface area contributed by atoms with E-state index in [1.54, 1.807) is 0 Å². The van der Waals surface area contributed by atoms with Gasteiger partial charge in [-0.1, -0.05) is 6.07 Å². The Morgan fingerprint density at radius 3 is 2.25 bits per heavy atom. The van der Waals surface area contributed by atoms with Gasteiger partial charge in [-0.2, -0.15) is 13.2 Å². The Balaban J connectivity index is 3.48. The van der Waals surface area contributed by atoms with Crippen molar-refractivity contribution in [3.63, 3.8) is 0 Å². The molecular weight excluding hydrogens is 301 g/mol. The van der Waals surface area contributed by atoms with Crippen molar-refractivity contribution in [2.24, 2.45) is 11.5 Å². The van der Waals surface area contributed by atoms with Gasteiger partial charge in [0.25, 0.3) is 0 Å². The average Bonchev–Trinajstić information content (AvgIpc) is 2.36. The number of carboxylic acids is 1. The van der Waals surface area contributed by atoms with E-state index in [4.69, 9.17) is 16.6 Å². The Hall–Kier alpha value is -1.65. The number of carbonyl (C=O) groups is 1. The van der Waals surface area contributed by atoms with Crippen molar-refractivity contribution in [3.05, 3.63) is 29.8 Å². The number of nitrogens with two attached hydrogens (primary N) is 2. The zero-order valence-electron chi connectivity index (χ0n) is 9.89. The maximum Gasteiger partial charge on any atom is 0.416 e. The summed E-state index contributed by atoms with van der Waals surface area (Å²) >= 11 is 0. The molecule has 1 aromatic rings. The van der Waals surface area contributed by atoms with Crippen LogP contribution in [-0.4, -0.2) is 30.9 Å². The van der Waals surface area contributed by atoms with E-state index in [0.29, 0.717) is 12.1 Å². The molecular formula is C10H11F3N2O4S. The molecule has 20 heavy (non-hydrogen) atoms. The van der Waals surface area contributed by atoms with E-state index in [0.717, 1.165) is 12.1 Å². The lowest BCUT2D eigenvalue weighted by atomic mass is 10.2. The topological polar surface area (TPSA) is 123 Å². The van der Waals surface area contributed by atoms with Gasteiger partial charge in [0.1, 0.15) is 0 Å². The fourth-order valence-corrected chi connectivity index (χ4v) is 2.77. The summed E-state index contributed by atoms with van der Waals surface area (Å²) in [5, 5.41) is 8.85. The SMILES string of the molecule is NCC(N)(C(=O)O)S(=O)(=O)c1cccc(C(F)(F)F)c1. The summed E-state index contributed by atoms with van der Waals surface area (Å²) in [4.78, 5) is 7.20. The molecule has 0 saturated heterocycles. The predicted molar refractivity (Wildman–Crippen MR) is 62.2 cm³/mol. The number of halogens is 3. The highest BCUT2D eigenvalue weighted by molar-refractivity contribution is 7.93. The van der Waals surface area contributed by atoms with Crippen molar-refractivity contribution >= 4 is 15.8 Å². The van der Waals surface area contributed by atoms with Gasteiger partial charge >= 0.3 is 12.1 Å². The van der Waals surface area contributed by atoms with Gasteiger partial charge in [-0.15, -0.1) is 0 Å². The number of hydrogen-bond acceptors (Lipinski definition) is 5. The van der Waals surface area contributed by atoms with Gasteiger partial charge in [-0.3, -0.25) is 0 Å². The van der Waals surface area contributed by atoms with Gasteiger partial charge in [0.2, 0.25) is 14.7 Å². The van der Waals surface area contributed by atoms with Gasteiger partial charge in [0.05, 0.1) is 10.5 Å². The molecule has 0 heterocycles. The minimum atomic E-state index is -4.78. The molecule has 1 aromatic carbocycles. The molecule has 0 spiro atoms. The molecule has 0 aliphatic rings. The van der Waals surface area contributed by atoms with Crippen LogP contribution in [0.15, 0.2) is 29.2 Å². The van der Waals surface area contributed by atoms with Gasteiger partial charge in [-0.25, -0.2) is 13.2 Å². The Labute approximate surface area is 112 Å². The fourth-order valence-electron chi connectivity index (χ4n) is 1.36. The van der Waals surface area contributed by atoms with E-state index in [-0.39, 0.29) is 0 Å². The Morgan fingerprint density at radius 1 is 1.30 bits per heavy atom. The van der Waals surface area contributed by atoms with Crippen LogP contribution in [0, 0.1) is 0 Å². The van der Waals surface area contributed by atoms with Crippen LogP contribution in [0.4, 0.5) is 13.2 Å². The minimum Gasteiger partial charge on any atom is -0.479 e. The van der Waals surface area contributed by atoms with Gasteiger partial charge in [0, 0.05) is 6.54 Å². The van der Waals surface area contributed by atoms with Crippen molar-refractivity contribution in [1.82, 2.24) is 0 Å². The zero-order chi connectivity index (χ0) is 15.8. The third kappa shape index (κ3) is 2.62. The van der Waals surface area contributed by atoms with E-state index < -0.39 is 43.9 Å². The van der Waals surface area contributed by atoms with Crippen LogP contribution in [0.25, 0.3) is 0 Å². The molecule has 0 aliphatic heterocycles. The maximum absolute atomic E-state index is 12.5. The molecule has 112 valence electrons. The number of aliphatic carboxylic acids is 1. The van der Waals surface area contributed by atoms with Crippen LogP contribution < -0.4 is 11.5 Å². The molecule has 1 atom stereocenters. The Kier molecular flexibility index (Phi) is 4.13. The Morgan fingerprint density at radius 2 is 1.85 bits per heavy atom.